The molecular weight excluding hydrogens is 268 g/mol. The zero-order valence-electron chi connectivity index (χ0n) is 11.1. The molecule has 0 amide bonds. The summed E-state index contributed by atoms with van der Waals surface area (Å²) in [6, 6.07) is 4.46. The Morgan fingerprint density at radius 2 is 2.21 bits per heavy atom. The minimum absolute atomic E-state index is 0.0370. The molecule has 2 atom stereocenters. The molecule has 1 rings (SSSR count). The number of nitro groups is 1. The summed E-state index contributed by atoms with van der Waals surface area (Å²) in [5.74, 6) is 0.196. The second-order valence-electron chi connectivity index (χ2n) is 4.61. The Kier molecular flexibility index (Phi) is 6.21. The van der Waals surface area contributed by atoms with Crippen LogP contribution in [0, 0.1) is 16.0 Å². The Bertz CT molecular complexity index is 440. The Labute approximate surface area is 117 Å². The van der Waals surface area contributed by atoms with Crippen molar-refractivity contribution in [2.45, 2.75) is 32.9 Å². The van der Waals surface area contributed by atoms with Crippen LogP contribution < -0.4 is 5.32 Å². The van der Waals surface area contributed by atoms with Crippen LogP contribution in [0.5, 0.6) is 0 Å². The SMILES string of the molecule is CCC(C)C(O)CNCc1cc(Cl)ccc1[N+](=O)[O-]. The highest BCUT2D eigenvalue weighted by Crippen LogP contribution is 2.22. The fraction of sp³-hybridized carbons (Fsp3) is 0.538. The monoisotopic (exact) mass is 286 g/mol. The minimum atomic E-state index is -0.455. The lowest BCUT2D eigenvalue weighted by Gasteiger charge is -2.17. The third-order valence-electron chi connectivity index (χ3n) is 3.21. The summed E-state index contributed by atoms with van der Waals surface area (Å²) in [4.78, 5) is 10.4. The van der Waals surface area contributed by atoms with Crippen LogP contribution in [-0.2, 0) is 6.54 Å². The van der Waals surface area contributed by atoms with Crippen molar-refractivity contribution in [3.05, 3.63) is 38.9 Å². The molecule has 106 valence electrons. The molecule has 0 radical (unpaired) electrons. The van der Waals surface area contributed by atoms with E-state index in [0.717, 1.165) is 6.42 Å². The van der Waals surface area contributed by atoms with Crippen LogP contribution in [0.4, 0.5) is 5.69 Å². The van der Waals surface area contributed by atoms with Gasteiger partial charge >= 0.3 is 0 Å². The van der Waals surface area contributed by atoms with Gasteiger partial charge in [-0.1, -0.05) is 31.9 Å². The summed E-state index contributed by atoms with van der Waals surface area (Å²) in [5.41, 5.74) is 0.559. The molecule has 0 saturated carbocycles. The Hall–Kier alpha value is -1.17. The van der Waals surface area contributed by atoms with E-state index in [1.54, 1.807) is 6.07 Å². The molecule has 0 heterocycles. The van der Waals surface area contributed by atoms with E-state index in [0.29, 0.717) is 23.7 Å². The number of aliphatic hydroxyl groups is 1. The van der Waals surface area contributed by atoms with Crippen LogP contribution in [0.3, 0.4) is 0 Å². The molecule has 0 aliphatic heterocycles. The molecule has 0 aliphatic rings. The number of nitro benzene ring substituents is 1. The molecule has 1 aromatic rings. The van der Waals surface area contributed by atoms with E-state index >= 15 is 0 Å². The van der Waals surface area contributed by atoms with Gasteiger partial charge in [0, 0.05) is 29.7 Å². The first-order valence-electron chi connectivity index (χ1n) is 6.27. The van der Waals surface area contributed by atoms with Gasteiger partial charge in [-0.15, -0.1) is 0 Å². The van der Waals surface area contributed by atoms with E-state index in [9.17, 15) is 15.2 Å². The van der Waals surface area contributed by atoms with Gasteiger partial charge in [-0.3, -0.25) is 10.1 Å². The summed E-state index contributed by atoms with van der Waals surface area (Å²) in [6.45, 7) is 4.69. The van der Waals surface area contributed by atoms with E-state index in [4.69, 9.17) is 11.6 Å². The predicted octanol–water partition coefficient (Wildman–Crippen LogP) is 2.74. The van der Waals surface area contributed by atoms with Gasteiger partial charge in [-0.05, 0) is 18.1 Å². The highest BCUT2D eigenvalue weighted by molar-refractivity contribution is 6.30. The largest absolute Gasteiger partial charge is 0.392 e. The standard InChI is InChI=1S/C13H19ClN2O3/c1-3-9(2)13(17)8-15-7-10-6-11(14)4-5-12(10)16(18)19/h4-6,9,13,15,17H,3,7-8H2,1-2H3. The zero-order valence-corrected chi connectivity index (χ0v) is 11.9. The number of benzene rings is 1. The number of nitrogens with zero attached hydrogens (tertiary/aromatic N) is 1. The summed E-state index contributed by atoms with van der Waals surface area (Å²) in [7, 11) is 0. The number of nitrogens with one attached hydrogen (secondary N) is 1. The predicted molar refractivity (Wildman–Crippen MR) is 75.3 cm³/mol. The number of hydrogen-bond donors (Lipinski definition) is 2. The molecule has 5 nitrogen and oxygen atoms in total. The van der Waals surface area contributed by atoms with Crippen LogP contribution in [0.2, 0.25) is 5.02 Å². The van der Waals surface area contributed by atoms with Crippen LogP contribution in [0.1, 0.15) is 25.8 Å². The lowest BCUT2D eigenvalue weighted by Crippen LogP contribution is -2.31. The van der Waals surface area contributed by atoms with Crippen molar-refractivity contribution in [1.29, 1.82) is 0 Å². The van der Waals surface area contributed by atoms with Gasteiger partial charge in [0.1, 0.15) is 0 Å². The van der Waals surface area contributed by atoms with Crippen molar-refractivity contribution < 1.29 is 10.0 Å². The summed E-state index contributed by atoms with van der Waals surface area (Å²) >= 11 is 5.84. The topological polar surface area (TPSA) is 75.4 Å². The maximum Gasteiger partial charge on any atom is 0.273 e. The normalized spacial score (nSPS) is 14.1. The first-order chi connectivity index (χ1) is 8.95. The van der Waals surface area contributed by atoms with Crippen LogP contribution in [-0.4, -0.2) is 22.7 Å². The van der Waals surface area contributed by atoms with Gasteiger partial charge in [0.05, 0.1) is 11.0 Å². The fourth-order valence-corrected chi connectivity index (χ4v) is 1.90. The number of halogens is 1. The zero-order chi connectivity index (χ0) is 14.4. The van der Waals surface area contributed by atoms with Gasteiger partial charge in [0.15, 0.2) is 0 Å². The fourth-order valence-electron chi connectivity index (χ4n) is 1.70. The van der Waals surface area contributed by atoms with E-state index in [1.165, 1.54) is 12.1 Å². The van der Waals surface area contributed by atoms with Crippen molar-refractivity contribution in [2.24, 2.45) is 5.92 Å². The van der Waals surface area contributed by atoms with Crippen LogP contribution >= 0.6 is 11.6 Å². The van der Waals surface area contributed by atoms with Crippen LogP contribution in [0.15, 0.2) is 18.2 Å². The first kappa shape index (κ1) is 15.9. The number of hydrogen-bond acceptors (Lipinski definition) is 4. The lowest BCUT2D eigenvalue weighted by molar-refractivity contribution is -0.385. The van der Waals surface area contributed by atoms with Crippen LogP contribution in [0.25, 0.3) is 0 Å². The van der Waals surface area contributed by atoms with Gasteiger partial charge in [0.25, 0.3) is 5.69 Å². The quantitative estimate of drug-likeness (QED) is 0.597. The number of rotatable bonds is 7. The minimum Gasteiger partial charge on any atom is -0.392 e. The lowest BCUT2D eigenvalue weighted by atomic mass is 10.0. The van der Waals surface area contributed by atoms with Crippen molar-refractivity contribution >= 4 is 17.3 Å². The van der Waals surface area contributed by atoms with E-state index in [-0.39, 0.29) is 11.6 Å². The third kappa shape index (κ3) is 4.78. The molecular formula is C13H19ClN2O3. The van der Waals surface area contributed by atoms with E-state index in [1.807, 2.05) is 13.8 Å². The maximum absolute atomic E-state index is 10.9. The highest BCUT2D eigenvalue weighted by Gasteiger charge is 2.15. The van der Waals surface area contributed by atoms with Gasteiger partial charge in [0.2, 0.25) is 0 Å². The summed E-state index contributed by atoms with van der Waals surface area (Å²) < 4.78 is 0. The number of aliphatic hydroxyl groups excluding tert-OH is 1. The highest BCUT2D eigenvalue weighted by atomic mass is 35.5. The third-order valence-corrected chi connectivity index (χ3v) is 3.44. The first-order valence-corrected chi connectivity index (χ1v) is 6.65. The van der Waals surface area contributed by atoms with Crippen molar-refractivity contribution in [1.82, 2.24) is 5.32 Å². The van der Waals surface area contributed by atoms with Crippen molar-refractivity contribution in [2.75, 3.05) is 6.54 Å². The van der Waals surface area contributed by atoms with E-state index < -0.39 is 11.0 Å². The molecule has 0 fully saturated rings. The average molecular weight is 287 g/mol. The second-order valence-corrected chi connectivity index (χ2v) is 5.05. The molecule has 19 heavy (non-hydrogen) atoms. The van der Waals surface area contributed by atoms with Crippen molar-refractivity contribution in [3.8, 4) is 0 Å². The molecule has 2 unspecified atom stereocenters. The summed E-state index contributed by atoms with van der Waals surface area (Å²) in [6.07, 6.45) is 0.434. The maximum atomic E-state index is 10.9. The summed E-state index contributed by atoms with van der Waals surface area (Å²) in [5, 5.41) is 24.2. The molecule has 0 aromatic heterocycles. The second kappa shape index (κ2) is 7.43. The smallest absolute Gasteiger partial charge is 0.273 e. The molecule has 1 aromatic carbocycles. The molecule has 2 N–H and O–H groups in total. The van der Waals surface area contributed by atoms with Gasteiger partial charge in [-0.25, -0.2) is 0 Å². The van der Waals surface area contributed by atoms with Crippen molar-refractivity contribution in [3.63, 3.8) is 0 Å². The Balaban J connectivity index is 2.62. The average Bonchev–Trinajstić information content (AvgIpc) is 2.37. The van der Waals surface area contributed by atoms with Gasteiger partial charge < -0.3 is 10.4 Å². The van der Waals surface area contributed by atoms with Gasteiger partial charge in [-0.2, -0.15) is 0 Å². The molecule has 6 heteroatoms. The molecule has 0 spiro atoms. The molecule has 0 saturated heterocycles. The molecule has 0 bridgehead atoms. The van der Waals surface area contributed by atoms with E-state index in [2.05, 4.69) is 5.32 Å². The Morgan fingerprint density at radius 3 is 2.79 bits per heavy atom. The molecule has 0 aliphatic carbocycles. The Morgan fingerprint density at radius 1 is 1.53 bits per heavy atom.